The standard InChI is InChI=1S/C20H20ClN3OS/c1-3-20(2)23-18(14-7-5-4-6-8-14)19(24-20)26-13-17(25)22-16-11-9-15(21)10-12-16/h4-12H,3,13H2,1-2H3,(H,22,25)/t20-/m0/s1. The van der Waals surface area contributed by atoms with Gasteiger partial charge in [-0.2, -0.15) is 0 Å². The maximum Gasteiger partial charge on any atom is 0.234 e. The van der Waals surface area contributed by atoms with Crippen LogP contribution in [0.2, 0.25) is 5.02 Å². The van der Waals surface area contributed by atoms with Gasteiger partial charge in [-0.15, -0.1) is 0 Å². The number of rotatable bonds is 5. The first kappa shape index (κ1) is 18.7. The molecule has 0 aromatic heterocycles. The first-order valence-electron chi connectivity index (χ1n) is 8.43. The van der Waals surface area contributed by atoms with Gasteiger partial charge in [0, 0.05) is 16.3 Å². The van der Waals surface area contributed by atoms with E-state index in [-0.39, 0.29) is 11.7 Å². The Bertz CT molecular complexity index is 849. The number of nitrogens with zero attached hydrogens (tertiary/aromatic N) is 2. The lowest BCUT2D eigenvalue weighted by molar-refractivity contribution is -0.113. The number of thioether (sulfide) groups is 1. The Kier molecular flexibility index (Phi) is 5.79. The number of nitrogens with one attached hydrogen (secondary N) is 1. The van der Waals surface area contributed by atoms with Crippen LogP contribution >= 0.6 is 23.4 Å². The zero-order valence-electron chi connectivity index (χ0n) is 14.7. The average molecular weight is 386 g/mol. The molecular weight excluding hydrogens is 366 g/mol. The highest BCUT2D eigenvalue weighted by Crippen LogP contribution is 2.29. The summed E-state index contributed by atoms with van der Waals surface area (Å²) in [5.41, 5.74) is 2.15. The molecule has 0 saturated heterocycles. The third-order valence-corrected chi connectivity index (χ3v) is 5.30. The van der Waals surface area contributed by atoms with Crippen LogP contribution in [0.4, 0.5) is 5.69 Å². The van der Waals surface area contributed by atoms with E-state index in [2.05, 4.69) is 12.2 Å². The molecule has 1 aliphatic heterocycles. The molecule has 2 aromatic rings. The summed E-state index contributed by atoms with van der Waals surface area (Å²) >= 11 is 7.28. The van der Waals surface area contributed by atoms with Gasteiger partial charge in [-0.1, -0.05) is 60.6 Å². The van der Waals surface area contributed by atoms with Crippen LogP contribution in [0.5, 0.6) is 0 Å². The second kappa shape index (κ2) is 8.06. The third kappa shape index (κ3) is 4.54. The van der Waals surface area contributed by atoms with Crippen molar-refractivity contribution < 1.29 is 4.79 Å². The Balaban J connectivity index is 1.69. The van der Waals surface area contributed by atoms with Gasteiger partial charge in [0.15, 0.2) is 0 Å². The summed E-state index contributed by atoms with van der Waals surface area (Å²) in [4.78, 5) is 21.8. The molecule has 0 spiro atoms. The van der Waals surface area contributed by atoms with E-state index in [9.17, 15) is 4.79 Å². The highest BCUT2D eigenvalue weighted by Gasteiger charge is 2.31. The fraction of sp³-hybridized carbons (Fsp3) is 0.250. The van der Waals surface area contributed by atoms with E-state index in [0.29, 0.717) is 5.02 Å². The summed E-state index contributed by atoms with van der Waals surface area (Å²) in [6, 6.07) is 17.0. The highest BCUT2D eigenvalue weighted by atomic mass is 35.5. The molecule has 1 N–H and O–H groups in total. The number of anilines is 1. The number of hydrogen-bond donors (Lipinski definition) is 1. The predicted octanol–water partition coefficient (Wildman–Crippen LogP) is 5.04. The summed E-state index contributed by atoms with van der Waals surface area (Å²) in [6.07, 6.45) is 0.810. The van der Waals surface area contributed by atoms with Gasteiger partial charge < -0.3 is 5.32 Å². The summed E-state index contributed by atoms with van der Waals surface area (Å²) in [7, 11) is 0. The number of halogens is 1. The molecule has 0 saturated carbocycles. The van der Waals surface area contributed by atoms with Crippen molar-refractivity contribution >= 4 is 45.7 Å². The van der Waals surface area contributed by atoms with Crippen LogP contribution in [0, 0.1) is 0 Å². The van der Waals surface area contributed by atoms with E-state index >= 15 is 0 Å². The Morgan fingerprint density at radius 2 is 1.81 bits per heavy atom. The van der Waals surface area contributed by atoms with Gasteiger partial charge in [-0.25, -0.2) is 4.99 Å². The first-order valence-corrected chi connectivity index (χ1v) is 9.79. The molecular formula is C20H20ClN3OS. The van der Waals surface area contributed by atoms with Crippen LogP contribution in [0.25, 0.3) is 0 Å². The van der Waals surface area contributed by atoms with Gasteiger partial charge in [-0.05, 0) is 37.6 Å². The predicted molar refractivity (Wildman–Crippen MR) is 112 cm³/mol. The lowest BCUT2D eigenvalue weighted by atomic mass is 10.1. The maximum atomic E-state index is 12.3. The fourth-order valence-corrected chi connectivity index (χ4v) is 3.52. The number of amides is 1. The van der Waals surface area contributed by atoms with E-state index in [1.807, 2.05) is 37.3 Å². The van der Waals surface area contributed by atoms with Gasteiger partial charge >= 0.3 is 0 Å². The molecule has 6 heteroatoms. The Labute approximate surface area is 162 Å². The van der Waals surface area contributed by atoms with Crippen molar-refractivity contribution in [2.45, 2.75) is 25.9 Å². The second-order valence-electron chi connectivity index (χ2n) is 6.16. The Hall–Kier alpha value is -2.11. The number of benzene rings is 2. The van der Waals surface area contributed by atoms with Gasteiger partial charge in [0.1, 0.15) is 10.7 Å². The molecule has 26 heavy (non-hydrogen) atoms. The van der Waals surface area contributed by atoms with Crippen LogP contribution in [0.15, 0.2) is 64.6 Å². The van der Waals surface area contributed by atoms with Crippen molar-refractivity contribution in [2.75, 3.05) is 11.1 Å². The fourth-order valence-electron chi connectivity index (χ4n) is 2.49. The van der Waals surface area contributed by atoms with Crippen LogP contribution in [-0.4, -0.2) is 28.1 Å². The summed E-state index contributed by atoms with van der Waals surface area (Å²) in [5.74, 6) is 0.185. The van der Waals surface area contributed by atoms with Crippen LogP contribution < -0.4 is 5.32 Å². The number of hydrogen-bond acceptors (Lipinski definition) is 4. The minimum absolute atomic E-state index is 0.0856. The van der Waals surface area contributed by atoms with Gasteiger partial charge in [0.25, 0.3) is 0 Å². The van der Waals surface area contributed by atoms with Crippen molar-refractivity contribution in [3.8, 4) is 0 Å². The van der Waals surface area contributed by atoms with E-state index in [1.165, 1.54) is 11.8 Å². The van der Waals surface area contributed by atoms with Crippen LogP contribution in [0.1, 0.15) is 25.8 Å². The Morgan fingerprint density at radius 1 is 1.12 bits per heavy atom. The number of carbonyl (C=O) groups is 1. The van der Waals surface area contributed by atoms with Crippen LogP contribution in [-0.2, 0) is 4.79 Å². The van der Waals surface area contributed by atoms with E-state index in [1.54, 1.807) is 24.3 Å². The van der Waals surface area contributed by atoms with E-state index < -0.39 is 5.66 Å². The van der Waals surface area contributed by atoms with E-state index in [0.717, 1.165) is 28.4 Å². The molecule has 3 rings (SSSR count). The van der Waals surface area contributed by atoms with Gasteiger partial charge in [0.2, 0.25) is 5.91 Å². The van der Waals surface area contributed by atoms with Gasteiger partial charge in [0.05, 0.1) is 11.5 Å². The molecule has 2 aromatic carbocycles. The van der Waals surface area contributed by atoms with Crippen molar-refractivity contribution in [2.24, 2.45) is 9.98 Å². The molecule has 4 nitrogen and oxygen atoms in total. The van der Waals surface area contributed by atoms with Crippen molar-refractivity contribution in [3.05, 3.63) is 65.2 Å². The molecule has 0 aliphatic carbocycles. The normalized spacial score (nSPS) is 19.0. The zero-order valence-corrected chi connectivity index (χ0v) is 16.3. The summed E-state index contributed by atoms with van der Waals surface area (Å²) < 4.78 is 0. The minimum atomic E-state index is -0.458. The molecule has 1 aliphatic rings. The lowest BCUT2D eigenvalue weighted by Gasteiger charge is -2.13. The molecule has 1 heterocycles. The topological polar surface area (TPSA) is 53.8 Å². The first-order chi connectivity index (χ1) is 12.5. The third-order valence-electron chi connectivity index (χ3n) is 4.08. The zero-order chi connectivity index (χ0) is 18.6. The minimum Gasteiger partial charge on any atom is -0.325 e. The average Bonchev–Trinajstić information content (AvgIpc) is 3.00. The molecule has 1 atom stereocenters. The molecule has 134 valence electrons. The monoisotopic (exact) mass is 385 g/mol. The van der Waals surface area contributed by atoms with Crippen molar-refractivity contribution in [1.82, 2.24) is 0 Å². The van der Waals surface area contributed by atoms with Crippen molar-refractivity contribution in [3.63, 3.8) is 0 Å². The molecule has 0 radical (unpaired) electrons. The lowest BCUT2D eigenvalue weighted by Crippen LogP contribution is -2.17. The highest BCUT2D eigenvalue weighted by molar-refractivity contribution is 8.16. The number of carbonyl (C=O) groups excluding carboxylic acids is 1. The number of aliphatic imine (C=N–C) groups is 2. The molecule has 0 unspecified atom stereocenters. The van der Waals surface area contributed by atoms with Gasteiger partial charge in [-0.3, -0.25) is 9.79 Å². The van der Waals surface area contributed by atoms with E-state index in [4.69, 9.17) is 21.6 Å². The quantitative estimate of drug-likeness (QED) is 0.783. The smallest absolute Gasteiger partial charge is 0.234 e. The SMILES string of the molecule is CC[C@]1(C)N=C(SCC(=O)Nc2ccc(Cl)cc2)C(c2ccccc2)=N1. The van der Waals surface area contributed by atoms with Crippen LogP contribution in [0.3, 0.4) is 0 Å². The summed E-state index contributed by atoms with van der Waals surface area (Å²) in [6.45, 7) is 4.08. The second-order valence-corrected chi connectivity index (χ2v) is 7.56. The largest absolute Gasteiger partial charge is 0.325 e. The molecule has 0 bridgehead atoms. The van der Waals surface area contributed by atoms with Crippen molar-refractivity contribution in [1.29, 1.82) is 0 Å². The Morgan fingerprint density at radius 3 is 2.46 bits per heavy atom. The molecule has 0 fully saturated rings. The molecule has 1 amide bonds. The maximum absolute atomic E-state index is 12.3. The summed E-state index contributed by atoms with van der Waals surface area (Å²) in [5, 5.41) is 4.32.